The van der Waals surface area contributed by atoms with E-state index in [2.05, 4.69) is 16.0 Å². The van der Waals surface area contributed by atoms with Crippen molar-refractivity contribution in [3.05, 3.63) is 54.2 Å². The molecule has 3 aromatic rings. The molecule has 0 saturated heterocycles. The molecule has 0 aliphatic carbocycles. The van der Waals surface area contributed by atoms with Crippen LogP contribution in [0.2, 0.25) is 0 Å². The highest BCUT2D eigenvalue weighted by molar-refractivity contribution is 5.89. The quantitative estimate of drug-likeness (QED) is 0.757. The van der Waals surface area contributed by atoms with Crippen molar-refractivity contribution in [2.24, 2.45) is 0 Å². The summed E-state index contributed by atoms with van der Waals surface area (Å²) in [5.41, 5.74) is 3.17. The van der Waals surface area contributed by atoms with E-state index in [0.29, 0.717) is 11.1 Å². The first-order valence-electron chi connectivity index (χ1n) is 5.97. The average molecular weight is 248 g/mol. The van der Waals surface area contributed by atoms with Crippen LogP contribution in [-0.4, -0.2) is 17.0 Å². The molecule has 4 nitrogen and oxygen atoms in total. The molecule has 3 rings (SSSR count). The number of nitriles is 1. The Kier molecular flexibility index (Phi) is 2.66. The number of nitrogens with one attached hydrogen (secondary N) is 1. The number of nitrogens with zero attached hydrogens (tertiary/aromatic N) is 3. The van der Waals surface area contributed by atoms with Crippen molar-refractivity contribution in [3.8, 4) is 6.07 Å². The average Bonchev–Trinajstić information content (AvgIpc) is 2.85. The lowest BCUT2D eigenvalue weighted by atomic mass is 10.2. The third-order valence-corrected chi connectivity index (χ3v) is 3.13. The topological polar surface area (TPSA) is 55.7 Å². The molecule has 0 fully saturated rings. The fraction of sp³-hybridized carbons (Fsp3) is 0.0667. The maximum absolute atomic E-state index is 9.36. The van der Waals surface area contributed by atoms with Gasteiger partial charge in [0.15, 0.2) is 0 Å². The number of rotatable bonds is 2. The number of para-hydroxylation sites is 1. The molecule has 0 radical (unpaired) electrons. The molecule has 0 bridgehead atoms. The second kappa shape index (κ2) is 4.46. The van der Waals surface area contributed by atoms with E-state index in [1.165, 1.54) is 0 Å². The van der Waals surface area contributed by atoms with Crippen molar-refractivity contribution in [2.75, 3.05) is 11.9 Å². The van der Waals surface area contributed by atoms with Gasteiger partial charge in [-0.1, -0.05) is 18.2 Å². The lowest BCUT2D eigenvalue weighted by Crippen LogP contribution is -2.10. The van der Waals surface area contributed by atoms with E-state index in [-0.39, 0.29) is 0 Å². The van der Waals surface area contributed by atoms with Gasteiger partial charge >= 0.3 is 0 Å². The maximum Gasteiger partial charge on any atom is 0.131 e. The SMILES string of the molecule is CN(c1ccccc1)c1[nH]c2cccnc2c1C#N. The first kappa shape index (κ1) is 11.3. The number of benzene rings is 1. The summed E-state index contributed by atoms with van der Waals surface area (Å²) in [4.78, 5) is 9.48. The molecular weight excluding hydrogens is 236 g/mol. The molecule has 0 amide bonds. The maximum atomic E-state index is 9.36. The third kappa shape index (κ3) is 1.81. The van der Waals surface area contributed by atoms with Crippen LogP contribution in [0.25, 0.3) is 11.0 Å². The minimum absolute atomic E-state index is 0.571. The van der Waals surface area contributed by atoms with E-state index in [9.17, 15) is 5.26 Å². The van der Waals surface area contributed by atoms with Gasteiger partial charge in [0.1, 0.15) is 23.0 Å². The molecule has 1 aromatic carbocycles. The molecule has 0 aliphatic heterocycles. The molecule has 92 valence electrons. The molecular formula is C15H12N4. The van der Waals surface area contributed by atoms with Crippen molar-refractivity contribution in [3.63, 3.8) is 0 Å². The van der Waals surface area contributed by atoms with Crippen LogP contribution in [0.15, 0.2) is 48.7 Å². The smallest absolute Gasteiger partial charge is 0.131 e. The van der Waals surface area contributed by atoms with Gasteiger partial charge in [0.25, 0.3) is 0 Å². The van der Waals surface area contributed by atoms with E-state index >= 15 is 0 Å². The molecule has 2 aromatic heterocycles. The van der Waals surface area contributed by atoms with Crippen LogP contribution in [-0.2, 0) is 0 Å². The summed E-state index contributed by atoms with van der Waals surface area (Å²) in [6, 6.07) is 15.9. The fourth-order valence-electron chi connectivity index (χ4n) is 2.15. The van der Waals surface area contributed by atoms with Gasteiger partial charge in [-0.25, -0.2) is 0 Å². The predicted molar refractivity (Wildman–Crippen MR) is 75.3 cm³/mol. The van der Waals surface area contributed by atoms with Crippen molar-refractivity contribution in [2.45, 2.75) is 0 Å². The number of aromatic nitrogens is 2. The molecule has 0 aliphatic rings. The zero-order chi connectivity index (χ0) is 13.2. The van der Waals surface area contributed by atoms with Gasteiger partial charge in [-0.3, -0.25) is 4.98 Å². The molecule has 1 N–H and O–H groups in total. The molecule has 2 heterocycles. The zero-order valence-electron chi connectivity index (χ0n) is 10.5. The van der Waals surface area contributed by atoms with E-state index in [4.69, 9.17) is 0 Å². The largest absolute Gasteiger partial charge is 0.339 e. The summed E-state index contributed by atoms with van der Waals surface area (Å²) in [7, 11) is 1.93. The lowest BCUT2D eigenvalue weighted by Gasteiger charge is -2.17. The van der Waals surface area contributed by atoms with E-state index < -0.39 is 0 Å². The Hall–Kier alpha value is -2.80. The summed E-state index contributed by atoms with van der Waals surface area (Å²) in [6.07, 6.45) is 1.70. The minimum Gasteiger partial charge on any atom is -0.339 e. The van der Waals surface area contributed by atoms with Gasteiger partial charge in [0, 0.05) is 18.9 Å². The van der Waals surface area contributed by atoms with Gasteiger partial charge in [0.2, 0.25) is 0 Å². The van der Waals surface area contributed by atoms with Gasteiger partial charge in [-0.05, 0) is 24.3 Å². The normalized spacial score (nSPS) is 10.3. The second-order valence-electron chi connectivity index (χ2n) is 4.25. The number of anilines is 2. The van der Waals surface area contributed by atoms with Gasteiger partial charge in [0.05, 0.1) is 5.52 Å². The molecule has 0 atom stereocenters. The Bertz CT molecular complexity index is 753. The van der Waals surface area contributed by atoms with E-state index in [0.717, 1.165) is 17.0 Å². The molecule has 0 unspecified atom stereocenters. The molecule has 4 heteroatoms. The number of hydrogen-bond acceptors (Lipinski definition) is 3. The Morgan fingerprint density at radius 2 is 1.95 bits per heavy atom. The van der Waals surface area contributed by atoms with Crippen LogP contribution in [0.1, 0.15) is 5.56 Å². The lowest BCUT2D eigenvalue weighted by molar-refractivity contribution is 1.16. The first-order valence-corrected chi connectivity index (χ1v) is 5.97. The highest BCUT2D eigenvalue weighted by atomic mass is 15.2. The Morgan fingerprint density at radius 3 is 2.68 bits per heavy atom. The number of aromatic amines is 1. The van der Waals surface area contributed by atoms with Crippen LogP contribution in [0.4, 0.5) is 11.5 Å². The zero-order valence-corrected chi connectivity index (χ0v) is 10.5. The molecule has 0 saturated carbocycles. The van der Waals surface area contributed by atoms with Crippen LogP contribution in [0.3, 0.4) is 0 Å². The summed E-state index contributed by atoms with van der Waals surface area (Å²) >= 11 is 0. The first-order chi connectivity index (χ1) is 9.31. The Morgan fingerprint density at radius 1 is 1.16 bits per heavy atom. The monoisotopic (exact) mass is 248 g/mol. The van der Waals surface area contributed by atoms with Crippen molar-refractivity contribution < 1.29 is 0 Å². The standard InChI is InChI=1S/C15H12N4/c1-19(11-6-3-2-4-7-11)15-12(10-16)14-13(18-15)8-5-9-17-14/h2-9,18H,1H3. The number of pyridine rings is 1. The number of H-pyrrole nitrogens is 1. The summed E-state index contributed by atoms with van der Waals surface area (Å²) in [5.74, 6) is 0.766. The summed E-state index contributed by atoms with van der Waals surface area (Å²) < 4.78 is 0. The van der Waals surface area contributed by atoms with Crippen molar-refractivity contribution in [1.82, 2.24) is 9.97 Å². The van der Waals surface area contributed by atoms with Crippen molar-refractivity contribution >= 4 is 22.5 Å². The highest BCUT2D eigenvalue weighted by Crippen LogP contribution is 2.30. The van der Waals surface area contributed by atoms with Crippen LogP contribution >= 0.6 is 0 Å². The Balaban J connectivity index is 2.18. The second-order valence-corrected chi connectivity index (χ2v) is 4.25. The third-order valence-electron chi connectivity index (χ3n) is 3.13. The van der Waals surface area contributed by atoms with Crippen LogP contribution in [0.5, 0.6) is 0 Å². The molecule has 0 spiro atoms. The van der Waals surface area contributed by atoms with Gasteiger partial charge < -0.3 is 9.88 Å². The number of hydrogen-bond donors (Lipinski definition) is 1. The predicted octanol–water partition coefficient (Wildman–Crippen LogP) is 3.20. The van der Waals surface area contributed by atoms with Gasteiger partial charge in [-0.2, -0.15) is 5.26 Å². The van der Waals surface area contributed by atoms with Crippen LogP contribution in [0, 0.1) is 11.3 Å². The van der Waals surface area contributed by atoms with Crippen LogP contribution < -0.4 is 4.90 Å². The molecule has 19 heavy (non-hydrogen) atoms. The minimum atomic E-state index is 0.571. The fourth-order valence-corrected chi connectivity index (χ4v) is 2.15. The summed E-state index contributed by atoms with van der Waals surface area (Å²) in [6.45, 7) is 0. The van der Waals surface area contributed by atoms with E-state index in [1.54, 1.807) is 6.20 Å². The van der Waals surface area contributed by atoms with Crippen molar-refractivity contribution in [1.29, 1.82) is 5.26 Å². The summed E-state index contributed by atoms with van der Waals surface area (Å²) in [5, 5.41) is 9.36. The Labute approximate surface area is 110 Å². The van der Waals surface area contributed by atoms with E-state index in [1.807, 2.05) is 54.4 Å². The number of fused-ring (bicyclic) bond motifs is 1. The highest BCUT2D eigenvalue weighted by Gasteiger charge is 2.16. The van der Waals surface area contributed by atoms with Gasteiger partial charge in [-0.15, -0.1) is 0 Å².